The topological polar surface area (TPSA) is 80.7 Å². The molecule has 0 amide bonds. The molecule has 1 rings (SSSR count). The summed E-state index contributed by atoms with van der Waals surface area (Å²) in [5, 5.41) is 9.02. The van der Waals surface area contributed by atoms with E-state index in [1.165, 1.54) is 31.2 Å². The summed E-state index contributed by atoms with van der Waals surface area (Å²) in [6.07, 6.45) is -1.02. The number of carboxylic acid groups (broad SMARTS) is 1. The van der Waals surface area contributed by atoms with Gasteiger partial charge in [0.2, 0.25) is 0 Å². The third kappa shape index (κ3) is 4.29. The van der Waals surface area contributed by atoms with Crippen LogP contribution in [0.25, 0.3) is 0 Å². The average molecular weight is 293 g/mol. The highest BCUT2D eigenvalue weighted by atomic mass is 35.5. The first-order valence-electron chi connectivity index (χ1n) is 5.15. The van der Waals surface area contributed by atoms with Gasteiger partial charge in [-0.25, -0.2) is 13.2 Å². The van der Waals surface area contributed by atoms with Crippen LogP contribution in [-0.2, 0) is 19.4 Å². The Balaban J connectivity index is 2.60. The molecule has 5 nitrogen and oxygen atoms in total. The van der Waals surface area contributed by atoms with Crippen molar-refractivity contribution in [1.29, 1.82) is 0 Å². The van der Waals surface area contributed by atoms with Gasteiger partial charge in [0, 0.05) is 5.02 Å². The Morgan fingerprint density at radius 1 is 1.39 bits per heavy atom. The second-order valence-electron chi connectivity index (χ2n) is 3.62. The third-order valence-corrected chi connectivity index (χ3v) is 4.19. The lowest BCUT2D eigenvalue weighted by Gasteiger charge is -2.08. The molecule has 1 N–H and O–H groups in total. The van der Waals surface area contributed by atoms with E-state index in [-0.39, 0.29) is 17.3 Å². The van der Waals surface area contributed by atoms with Crippen LogP contribution in [0.4, 0.5) is 0 Å². The highest BCUT2D eigenvalue weighted by Gasteiger charge is 2.16. The summed E-state index contributed by atoms with van der Waals surface area (Å²) in [6.45, 7) is 1.18. The van der Waals surface area contributed by atoms with E-state index < -0.39 is 21.9 Å². The molecule has 0 aliphatic carbocycles. The summed E-state index contributed by atoms with van der Waals surface area (Å²) < 4.78 is 28.5. The fraction of sp³-hybridized carbons (Fsp3) is 0.364. The van der Waals surface area contributed by atoms with E-state index in [1.54, 1.807) is 0 Å². The maximum absolute atomic E-state index is 11.8. The van der Waals surface area contributed by atoms with Gasteiger partial charge in [0.05, 0.1) is 17.3 Å². The van der Waals surface area contributed by atoms with Gasteiger partial charge in [-0.3, -0.25) is 0 Å². The number of carbonyl (C=O) groups is 1. The first-order valence-corrected chi connectivity index (χ1v) is 7.18. The third-order valence-electron chi connectivity index (χ3n) is 2.24. The molecular formula is C11H13ClO5S. The highest BCUT2D eigenvalue weighted by molar-refractivity contribution is 7.91. The molecule has 0 unspecified atom stereocenters. The number of hydrogen-bond acceptors (Lipinski definition) is 4. The first kappa shape index (κ1) is 14.9. The monoisotopic (exact) mass is 292 g/mol. The summed E-state index contributed by atoms with van der Waals surface area (Å²) in [4.78, 5) is 10.6. The van der Waals surface area contributed by atoms with Crippen LogP contribution in [-0.4, -0.2) is 38.0 Å². The minimum absolute atomic E-state index is 0.137. The van der Waals surface area contributed by atoms with E-state index in [4.69, 9.17) is 21.4 Å². The Labute approximate surface area is 110 Å². The van der Waals surface area contributed by atoms with Crippen molar-refractivity contribution in [3.8, 4) is 0 Å². The molecule has 0 spiro atoms. The summed E-state index contributed by atoms with van der Waals surface area (Å²) in [5.74, 6) is -1.40. The van der Waals surface area contributed by atoms with Crippen LogP contribution in [0, 0.1) is 0 Å². The summed E-state index contributed by atoms with van der Waals surface area (Å²) in [6, 6.07) is 5.76. The highest BCUT2D eigenvalue weighted by Crippen LogP contribution is 2.15. The van der Waals surface area contributed by atoms with E-state index in [0.29, 0.717) is 5.02 Å². The Bertz CT molecular complexity index is 509. The number of ether oxygens (including phenoxy) is 1. The van der Waals surface area contributed by atoms with Crippen molar-refractivity contribution >= 4 is 27.4 Å². The van der Waals surface area contributed by atoms with Gasteiger partial charge in [-0.1, -0.05) is 11.6 Å². The molecule has 1 aromatic rings. The van der Waals surface area contributed by atoms with Crippen LogP contribution in [0.2, 0.25) is 5.02 Å². The molecule has 0 aliphatic heterocycles. The van der Waals surface area contributed by atoms with Crippen LogP contribution in [0.1, 0.15) is 6.92 Å². The second kappa shape index (κ2) is 6.17. The van der Waals surface area contributed by atoms with Crippen molar-refractivity contribution in [3.05, 3.63) is 29.3 Å². The predicted octanol–water partition coefficient (Wildman–Crippen LogP) is 1.60. The summed E-state index contributed by atoms with van der Waals surface area (Å²) in [7, 11) is -3.47. The van der Waals surface area contributed by atoms with E-state index in [2.05, 4.69) is 0 Å². The quantitative estimate of drug-likeness (QED) is 0.861. The number of hydrogen-bond donors (Lipinski definition) is 1. The molecule has 18 heavy (non-hydrogen) atoms. The van der Waals surface area contributed by atoms with Gasteiger partial charge in [0.1, 0.15) is 0 Å². The molecule has 0 saturated carbocycles. The lowest BCUT2D eigenvalue weighted by Crippen LogP contribution is -2.23. The Hall–Kier alpha value is -1.11. The second-order valence-corrected chi connectivity index (χ2v) is 6.17. The van der Waals surface area contributed by atoms with Gasteiger partial charge in [0.25, 0.3) is 0 Å². The van der Waals surface area contributed by atoms with Gasteiger partial charge in [0.15, 0.2) is 15.9 Å². The molecule has 0 radical (unpaired) electrons. The number of halogens is 1. The molecule has 0 heterocycles. The molecule has 0 fully saturated rings. The predicted molar refractivity (Wildman–Crippen MR) is 66.6 cm³/mol. The Morgan fingerprint density at radius 3 is 2.44 bits per heavy atom. The smallest absolute Gasteiger partial charge is 0.332 e. The fourth-order valence-electron chi connectivity index (χ4n) is 1.17. The van der Waals surface area contributed by atoms with Crippen molar-refractivity contribution in [3.63, 3.8) is 0 Å². The normalized spacial score (nSPS) is 13.2. The minimum Gasteiger partial charge on any atom is -0.479 e. The molecular weight excluding hydrogens is 280 g/mol. The van der Waals surface area contributed by atoms with Gasteiger partial charge in [-0.15, -0.1) is 0 Å². The fourth-order valence-corrected chi connectivity index (χ4v) is 2.39. The number of aliphatic carboxylic acids is 1. The van der Waals surface area contributed by atoms with Gasteiger partial charge < -0.3 is 9.84 Å². The lowest BCUT2D eigenvalue weighted by molar-refractivity contribution is -0.148. The molecule has 100 valence electrons. The Kier molecular flexibility index (Phi) is 5.13. The molecule has 0 bridgehead atoms. The van der Waals surface area contributed by atoms with E-state index in [9.17, 15) is 13.2 Å². The molecule has 0 aliphatic rings. The zero-order chi connectivity index (χ0) is 13.8. The first-order chi connectivity index (χ1) is 8.33. The van der Waals surface area contributed by atoms with Crippen molar-refractivity contribution in [1.82, 2.24) is 0 Å². The van der Waals surface area contributed by atoms with E-state index >= 15 is 0 Å². The number of carboxylic acids is 1. The zero-order valence-electron chi connectivity index (χ0n) is 9.67. The molecule has 0 aromatic heterocycles. The van der Waals surface area contributed by atoms with Gasteiger partial charge in [-0.2, -0.15) is 0 Å². The van der Waals surface area contributed by atoms with Gasteiger partial charge in [-0.05, 0) is 31.2 Å². The Morgan fingerprint density at radius 2 is 1.94 bits per heavy atom. The number of sulfone groups is 1. The van der Waals surface area contributed by atoms with E-state index in [1.807, 2.05) is 0 Å². The maximum atomic E-state index is 11.8. The van der Waals surface area contributed by atoms with Gasteiger partial charge >= 0.3 is 5.97 Å². The maximum Gasteiger partial charge on any atom is 0.332 e. The zero-order valence-corrected chi connectivity index (χ0v) is 11.2. The number of rotatable bonds is 6. The van der Waals surface area contributed by atoms with E-state index in [0.717, 1.165) is 0 Å². The van der Waals surface area contributed by atoms with Crippen LogP contribution in [0.5, 0.6) is 0 Å². The average Bonchev–Trinajstić information content (AvgIpc) is 2.29. The van der Waals surface area contributed by atoms with Crippen molar-refractivity contribution < 1.29 is 23.1 Å². The largest absolute Gasteiger partial charge is 0.479 e. The van der Waals surface area contributed by atoms with Crippen LogP contribution < -0.4 is 0 Å². The standard InChI is InChI=1S/C11H13ClO5S/c1-8(11(13)14)17-6-7-18(15,16)10-4-2-9(12)3-5-10/h2-5,8H,6-7H2,1H3,(H,13,14)/t8-/m0/s1. The summed E-state index contributed by atoms with van der Waals surface area (Å²) >= 11 is 5.66. The lowest BCUT2D eigenvalue weighted by atomic mass is 10.4. The van der Waals surface area contributed by atoms with Crippen LogP contribution in [0.15, 0.2) is 29.2 Å². The van der Waals surface area contributed by atoms with Crippen molar-refractivity contribution in [2.45, 2.75) is 17.9 Å². The van der Waals surface area contributed by atoms with Crippen LogP contribution in [0.3, 0.4) is 0 Å². The van der Waals surface area contributed by atoms with Crippen molar-refractivity contribution in [2.75, 3.05) is 12.4 Å². The van der Waals surface area contributed by atoms with Crippen LogP contribution >= 0.6 is 11.6 Å². The number of benzene rings is 1. The molecule has 7 heteroatoms. The van der Waals surface area contributed by atoms with Crippen molar-refractivity contribution in [2.24, 2.45) is 0 Å². The summed E-state index contributed by atoms with van der Waals surface area (Å²) in [5.41, 5.74) is 0. The minimum atomic E-state index is -3.47. The molecule has 0 saturated heterocycles. The molecule has 1 aromatic carbocycles. The SMILES string of the molecule is C[C@H](OCCS(=O)(=O)c1ccc(Cl)cc1)C(=O)O. The molecule has 1 atom stereocenters.